The van der Waals surface area contributed by atoms with Gasteiger partial charge >= 0.3 is 5.69 Å². The number of nitro groups is 1. The number of rotatable bonds is 4. The lowest BCUT2D eigenvalue weighted by atomic mass is 10.1. The summed E-state index contributed by atoms with van der Waals surface area (Å²) in [6.07, 6.45) is 1.62. The van der Waals surface area contributed by atoms with Crippen molar-refractivity contribution >= 4 is 45.2 Å². The van der Waals surface area contributed by atoms with Crippen molar-refractivity contribution in [1.29, 1.82) is 0 Å². The Hall–Kier alpha value is -2.18. The quantitative estimate of drug-likeness (QED) is 0.569. The topological polar surface area (TPSA) is 68.1 Å². The number of aromatic nitrogens is 1. The molecule has 0 saturated heterocycles. The number of benzene rings is 1. The van der Waals surface area contributed by atoms with E-state index in [9.17, 15) is 10.1 Å². The number of thiophene rings is 1. The maximum Gasteiger partial charge on any atom is 0.301 e. The fourth-order valence-corrected chi connectivity index (χ4v) is 3.13. The summed E-state index contributed by atoms with van der Waals surface area (Å²) in [7, 11) is 0. The minimum Gasteiger partial charge on any atom is -0.375 e. The fraction of sp³-hybridized carbons (Fsp3) is 0.0714. The Morgan fingerprint density at radius 3 is 2.86 bits per heavy atom. The second-order valence-electron chi connectivity index (χ2n) is 4.35. The summed E-state index contributed by atoms with van der Waals surface area (Å²) in [4.78, 5) is 16.1. The van der Waals surface area contributed by atoms with Gasteiger partial charge in [0.05, 0.1) is 20.2 Å². The van der Waals surface area contributed by atoms with Crippen LogP contribution in [0, 0.1) is 10.1 Å². The molecular formula is C14H10ClN3O2S. The number of hydrogen-bond donors (Lipinski definition) is 1. The second-order valence-corrected chi connectivity index (χ2v) is 6.15. The second kappa shape index (κ2) is 5.67. The Kier molecular flexibility index (Phi) is 3.72. The molecule has 0 aliphatic heterocycles. The van der Waals surface area contributed by atoms with Gasteiger partial charge in [-0.2, -0.15) is 0 Å². The van der Waals surface area contributed by atoms with E-state index < -0.39 is 0 Å². The highest BCUT2D eigenvalue weighted by atomic mass is 35.5. The molecule has 5 nitrogen and oxygen atoms in total. The number of nitrogens with one attached hydrogen (secondary N) is 1. The maximum atomic E-state index is 11.4. The first-order chi connectivity index (χ1) is 10.1. The number of pyridine rings is 1. The van der Waals surface area contributed by atoms with Crippen LogP contribution >= 0.6 is 22.9 Å². The Bertz CT molecular complexity index is 819. The van der Waals surface area contributed by atoms with Crippen molar-refractivity contribution in [2.24, 2.45) is 0 Å². The predicted octanol–water partition coefficient (Wildman–Crippen LogP) is 4.47. The van der Waals surface area contributed by atoms with E-state index in [4.69, 9.17) is 11.6 Å². The van der Waals surface area contributed by atoms with Crippen molar-refractivity contribution in [2.45, 2.75) is 6.54 Å². The summed E-state index contributed by atoms with van der Waals surface area (Å²) in [5.41, 5.74) is 1.13. The van der Waals surface area contributed by atoms with Crippen LogP contribution < -0.4 is 5.32 Å². The number of nitrogens with zero attached hydrogens (tertiary/aromatic N) is 2. The van der Waals surface area contributed by atoms with Gasteiger partial charge in [0.1, 0.15) is 5.69 Å². The van der Waals surface area contributed by atoms with Gasteiger partial charge in [-0.05, 0) is 36.4 Å². The fourth-order valence-electron chi connectivity index (χ4n) is 2.11. The highest BCUT2D eigenvalue weighted by Crippen LogP contribution is 2.33. The van der Waals surface area contributed by atoms with Crippen molar-refractivity contribution in [2.75, 3.05) is 5.32 Å². The average molecular weight is 320 g/mol. The van der Waals surface area contributed by atoms with Gasteiger partial charge in [-0.1, -0.05) is 11.6 Å². The van der Waals surface area contributed by atoms with Crippen LogP contribution in [0.15, 0.2) is 42.6 Å². The molecule has 0 atom stereocenters. The largest absolute Gasteiger partial charge is 0.375 e. The zero-order chi connectivity index (χ0) is 14.8. The standard InChI is InChI=1S/C14H10ClN3O2S/c15-13-6-3-9(21-13)8-17-12-5-4-11-10(2-1-7-16-11)14(12)18(19)20/h1-7,17H,8H2. The smallest absolute Gasteiger partial charge is 0.301 e. The van der Waals surface area contributed by atoms with E-state index in [1.54, 1.807) is 30.5 Å². The van der Waals surface area contributed by atoms with E-state index in [0.717, 1.165) is 4.88 Å². The SMILES string of the molecule is O=[N+]([O-])c1c(NCc2ccc(Cl)s2)ccc2ncccc12. The average Bonchev–Trinajstić information content (AvgIpc) is 2.89. The predicted molar refractivity (Wildman–Crippen MR) is 85.1 cm³/mol. The first-order valence-electron chi connectivity index (χ1n) is 6.15. The lowest BCUT2D eigenvalue weighted by Gasteiger charge is -2.07. The lowest BCUT2D eigenvalue weighted by molar-refractivity contribution is -0.382. The molecule has 1 N–H and O–H groups in total. The van der Waals surface area contributed by atoms with E-state index in [1.807, 2.05) is 12.1 Å². The molecule has 0 unspecified atom stereocenters. The van der Waals surface area contributed by atoms with Crippen molar-refractivity contribution < 1.29 is 4.92 Å². The van der Waals surface area contributed by atoms with Crippen LogP contribution in [0.2, 0.25) is 4.34 Å². The van der Waals surface area contributed by atoms with Gasteiger partial charge in [-0.3, -0.25) is 15.1 Å². The van der Waals surface area contributed by atoms with Crippen LogP contribution in [0.4, 0.5) is 11.4 Å². The normalized spacial score (nSPS) is 10.7. The number of anilines is 1. The molecule has 2 aromatic heterocycles. The summed E-state index contributed by atoms with van der Waals surface area (Å²) >= 11 is 7.32. The van der Waals surface area contributed by atoms with E-state index in [1.165, 1.54) is 11.3 Å². The highest BCUT2D eigenvalue weighted by molar-refractivity contribution is 7.16. The summed E-state index contributed by atoms with van der Waals surface area (Å²) in [6.45, 7) is 0.490. The van der Waals surface area contributed by atoms with Crippen LogP contribution in [0.1, 0.15) is 4.88 Å². The molecule has 21 heavy (non-hydrogen) atoms. The van der Waals surface area contributed by atoms with Gasteiger partial charge < -0.3 is 5.32 Å². The molecular weight excluding hydrogens is 310 g/mol. The third-order valence-electron chi connectivity index (χ3n) is 3.02. The van der Waals surface area contributed by atoms with E-state index in [-0.39, 0.29) is 10.6 Å². The van der Waals surface area contributed by atoms with Crippen molar-refractivity contribution in [3.63, 3.8) is 0 Å². The molecule has 3 aromatic rings. The molecule has 0 aliphatic carbocycles. The van der Waals surface area contributed by atoms with Crippen molar-refractivity contribution in [1.82, 2.24) is 4.98 Å². The summed E-state index contributed by atoms with van der Waals surface area (Å²) in [5, 5.41) is 15.0. The first kappa shape index (κ1) is 13.8. The third-order valence-corrected chi connectivity index (χ3v) is 4.25. The molecule has 0 amide bonds. The zero-order valence-corrected chi connectivity index (χ0v) is 12.3. The van der Waals surface area contributed by atoms with Crippen LogP contribution in [0.3, 0.4) is 0 Å². The van der Waals surface area contributed by atoms with Crippen LogP contribution in [0.25, 0.3) is 10.9 Å². The molecule has 2 heterocycles. The molecule has 0 bridgehead atoms. The Labute approximate surface area is 129 Å². The Morgan fingerprint density at radius 1 is 1.29 bits per heavy atom. The van der Waals surface area contributed by atoms with Crippen molar-refractivity contribution in [3.8, 4) is 0 Å². The van der Waals surface area contributed by atoms with Gasteiger partial charge in [0.2, 0.25) is 0 Å². The molecule has 0 aliphatic rings. The maximum absolute atomic E-state index is 11.4. The summed E-state index contributed by atoms with van der Waals surface area (Å²) in [5.74, 6) is 0. The van der Waals surface area contributed by atoms with Gasteiger partial charge in [0.25, 0.3) is 0 Å². The molecule has 0 fully saturated rings. The first-order valence-corrected chi connectivity index (χ1v) is 7.35. The Morgan fingerprint density at radius 2 is 2.14 bits per heavy atom. The highest BCUT2D eigenvalue weighted by Gasteiger charge is 2.18. The van der Waals surface area contributed by atoms with E-state index in [0.29, 0.717) is 27.5 Å². The summed E-state index contributed by atoms with van der Waals surface area (Å²) in [6, 6.07) is 10.6. The van der Waals surface area contributed by atoms with Gasteiger partial charge in [-0.25, -0.2) is 0 Å². The Balaban J connectivity index is 1.97. The minimum absolute atomic E-state index is 0.0447. The molecule has 0 saturated carbocycles. The van der Waals surface area contributed by atoms with Crippen LogP contribution in [-0.2, 0) is 6.54 Å². The number of hydrogen-bond acceptors (Lipinski definition) is 5. The van der Waals surface area contributed by atoms with Gasteiger partial charge in [0, 0.05) is 17.6 Å². The monoisotopic (exact) mass is 319 g/mol. The van der Waals surface area contributed by atoms with Crippen LogP contribution in [0.5, 0.6) is 0 Å². The third kappa shape index (κ3) is 2.81. The number of halogens is 1. The number of fused-ring (bicyclic) bond motifs is 1. The van der Waals surface area contributed by atoms with E-state index >= 15 is 0 Å². The number of nitro benzene ring substituents is 1. The minimum atomic E-state index is -0.381. The van der Waals surface area contributed by atoms with Crippen molar-refractivity contribution in [3.05, 3.63) is 61.9 Å². The molecule has 1 aromatic carbocycles. The van der Waals surface area contributed by atoms with E-state index in [2.05, 4.69) is 10.3 Å². The van der Waals surface area contributed by atoms with Crippen LogP contribution in [-0.4, -0.2) is 9.91 Å². The molecule has 106 valence electrons. The lowest BCUT2D eigenvalue weighted by Crippen LogP contribution is -2.02. The van der Waals surface area contributed by atoms with Gasteiger partial charge in [-0.15, -0.1) is 11.3 Å². The molecule has 3 rings (SSSR count). The molecule has 0 radical (unpaired) electrons. The molecule has 0 spiro atoms. The molecule has 7 heteroatoms. The summed E-state index contributed by atoms with van der Waals surface area (Å²) < 4.78 is 0.698. The zero-order valence-electron chi connectivity index (χ0n) is 10.7. The van der Waals surface area contributed by atoms with Gasteiger partial charge in [0.15, 0.2) is 0 Å².